The molecule has 3 aromatic heterocycles. The number of nitrogens with zero attached hydrogens (tertiary/aromatic N) is 5. The van der Waals surface area contributed by atoms with Gasteiger partial charge in [-0.15, -0.1) is 29.7 Å². The second kappa shape index (κ2) is 14.6. The zero-order valence-corrected chi connectivity index (χ0v) is 32.6. The monoisotopic (exact) mass is 904 g/mol. The quantitative estimate of drug-likeness (QED) is 0.149. The predicted molar refractivity (Wildman–Crippen MR) is 227 cm³/mol. The van der Waals surface area contributed by atoms with Gasteiger partial charge in [0.25, 0.3) is 0 Å². The van der Waals surface area contributed by atoms with Crippen LogP contribution in [-0.2, 0) is 28.1 Å². The van der Waals surface area contributed by atoms with Gasteiger partial charge in [-0.3, -0.25) is 0 Å². The maximum absolute atomic E-state index is 8.18. The molecule has 10 aromatic rings. The summed E-state index contributed by atoms with van der Waals surface area (Å²) in [5.74, 6) is 0.510. The van der Waals surface area contributed by atoms with Crippen molar-refractivity contribution in [2.75, 3.05) is 4.90 Å². The van der Waals surface area contributed by atoms with Crippen molar-refractivity contribution in [2.24, 2.45) is 7.05 Å². The van der Waals surface area contributed by atoms with Gasteiger partial charge in [0.15, 0.2) is 17.4 Å². The first kappa shape index (κ1) is 31.8. The third kappa shape index (κ3) is 6.02. The molecule has 0 aliphatic rings. The standard InChI is InChI=1S/C50H36N5.Pt/c1-35-29-30-51-49(31-35)55-45-24-10-9-21-43(45)44-28-27-40(33-48(44)55)54(39-20-13-19-38(32-39)53-34-52(2)46-25-11-12-26-47(46)53)50-41(36-15-5-3-6-16-36)22-14-23-42(50)37-17-7-4-8-18-37;/h3-31,34H,1-2H3;/q-1;/i1D3;. The Morgan fingerprint density at radius 1 is 0.607 bits per heavy atom. The van der Waals surface area contributed by atoms with E-state index in [0.717, 1.165) is 77.8 Å². The Balaban J connectivity index is 0.00000449. The van der Waals surface area contributed by atoms with E-state index < -0.39 is 6.85 Å². The third-order valence-electron chi connectivity index (χ3n) is 10.3. The number of anilines is 3. The van der Waals surface area contributed by atoms with Gasteiger partial charge in [-0.05, 0) is 59.3 Å². The molecule has 272 valence electrons. The van der Waals surface area contributed by atoms with Crippen molar-refractivity contribution >= 4 is 49.9 Å². The molecule has 56 heavy (non-hydrogen) atoms. The Labute approximate surface area is 344 Å². The number of benzene rings is 7. The van der Waals surface area contributed by atoms with E-state index in [4.69, 9.17) is 9.10 Å². The number of fused-ring (bicyclic) bond motifs is 4. The van der Waals surface area contributed by atoms with E-state index in [-0.39, 0.29) is 26.6 Å². The van der Waals surface area contributed by atoms with Crippen molar-refractivity contribution in [1.82, 2.24) is 18.7 Å². The topological polar surface area (TPSA) is 30.9 Å². The smallest absolute Gasteiger partial charge is 0.188 e. The average molecular weight is 905 g/mol. The molecule has 0 aliphatic carbocycles. The molecule has 0 aliphatic heterocycles. The van der Waals surface area contributed by atoms with E-state index in [1.54, 1.807) is 18.3 Å². The van der Waals surface area contributed by atoms with Crippen molar-refractivity contribution in [1.29, 1.82) is 0 Å². The fraction of sp³-hybridized carbons (Fsp3) is 0.0400. The van der Waals surface area contributed by atoms with Crippen LogP contribution in [0, 0.1) is 19.0 Å². The number of rotatable bonds is 7. The second-order valence-electron chi connectivity index (χ2n) is 13.6. The van der Waals surface area contributed by atoms with Crippen molar-refractivity contribution in [3.8, 4) is 33.8 Å². The van der Waals surface area contributed by atoms with Crippen LogP contribution in [0.25, 0.3) is 66.6 Å². The van der Waals surface area contributed by atoms with Crippen LogP contribution in [0.2, 0.25) is 0 Å². The van der Waals surface area contributed by atoms with Gasteiger partial charge in [-0.25, -0.2) is 14.1 Å². The summed E-state index contributed by atoms with van der Waals surface area (Å²) in [5.41, 5.74) is 11.8. The molecule has 0 saturated heterocycles. The average Bonchev–Trinajstić information content (AvgIpc) is 3.78. The van der Waals surface area contributed by atoms with Gasteiger partial charge in [-0.2, -0.15) is 12.1 Å². The Hall–Kier alpha value is -6.55. The molecule has 0 amide bonds. The molecule has 7 aromatic carbocycles. The molecule has 0 N–H and O–H groups in total. The first-order chi connectivity index (χ1) is 28.3. The predicted octanol–water partition coefficient (Wildman–Crippen LogP) is 12.5. The Morgan fingerprint density at radius 3 is 1.98 bits per heavy atom. The summed E-state index contributed by atoms with van der Waals surface area (Å²) in [6, 6.07) is 65.3. The first-order valence-corrected chi connectivity index (χ1v) is 18.3. The summed E-state index contributed by atoms with van der Waals surface area (Å²) in [6.07, 6.45) is 3.66. The van der Waals surface area contributed by atoms with E-state index in [0.29, 0.717) is 5.82 Å². The summed E-state index contributed by atoms with van der Waals surface area (Å²) < 4.78 is 30.9. The number of hydrogen-bond donors (Lipinski definition) is 0. The maximum Gasteiger partial charge on any atom is 0.188 e. The van der Waals surface area contributed by atoms with Crippen LogP contribution in [0.3, 0.4) is 0 Å². The number of para-hydroxylation sites is 4. The molecule has 3 heterocycles. The van der Waals surface area contributed by atoms with Crippen LogP contribution in [0.1, 0.15) is 9.68 Å². The van der Waals surface area contributed by atoms with Gasteiger partial charge >= 0.3 is 0 Å². The molecule has 0 atom stereocenters. The SMILES string of the molecule is [2H]C([2H])([2H])c1ccnc(-n2c3[c-]c(N(c4[c-]c(-n5[cH+]n(C)c6ccccc65)ccc4)c4c(-c5ccccc5)cccc4-c4ccccc4)ccc3c3ccccc32)c1.[Pt]. The fourth-order valence-electron chi connectivity index (χ4n) is 7.82. The van der Waals surface area contributed by atoms with Crippen molar-refractivity contribution < 1.29 is 25.2 Å². The molecule has 10 rings (SSSR count). The molecule has 0 saturated carbocycles. The summed E-state index contributed by atoms with van der Waals surface area (Å²) in [6.45, 7) is -2.29. The van der Waals surface area contributed by atoms with Crippen molar-refractivity contribution in [3.05, 3.63) is 200 Å². The van der Waals surface area contributed by atoms with Crippen LogP contribution >= 0.6 is 0 Å². The number of pyridine rings is 1. The first-order valence-electron chi connectivity index (χ1n) is 19.8. The summed E-state index contributed by atoms with van der Waals surface area (Å²) in [7, 11) is 2.06. The molecule has 0 spiro atoms. The number of aromatic nitrogens is 4. The van der Waals surface area contributed by atoms with E-state index >= 15 is 0 Å². The summed E-state index contributed by atoms with van der Waals surface area (Å²) >= 11 is 0. The van der Waals surface area contributed by atoms with Crippen LogP contribution in [0.5, 0.6) is 0 Å². The Morgan fingerprint density at radius 2 is 1.25 bits per heavy atom. The summed E-state index contributed by atoms with van der Waals surface area (Å²) in [4.78, 5) is 6.99. The van der Waals surface area contributed by atoms with Crippen molar-refractivity contribution in [2.45, 2.75) is 6.85 Å². The van der Waals surface area contributed by atoms with Crippen LogP contribution < -0.4 is 4.90 Å². The van der Waals surface area contributed by atoms with E-state index in [1.165, 1.54) is 0 Å². The van der Waals surface area contributed by atoms with Crippen LogP contribution in [-0.4, -0.2) is 18.7 Å². The van der Waals surface area contributed by atoms with Gasteiger partial charge in [-0.1, -0.05) is 120 Å². The second-order valence-corrected chi connectivity index (χ2v) is 13.6. The normalized spacial score (nSPS) is 12.3. The minimum absolute atomic E-state index is 0. The van der Waals surface area contributed by atoms with Gasteiger partial charge in [0.1, 0.15) is 5.82 Å². The Kier molecular flexibility index (Phi) is 8.28. The van der Waals surface area contributed by atoms with Gasteiger partial charge in [0.2, 0.25) is 0 Å². The molecule has 6 heteroatoms. The van der Waals surface area contributed by atoms with E-state index in [1.807, 2.05) is 34.9 Å². The molecular formula is C50H36N5Pt-. The molecule has 0 bridgehead atoms. The number of imidazole rings is 1. The Bertz CT molecular complexity index is 3080. The largest absolute Gasteiger partial charge is 0.357 e. The number of hydrogen-bond acceptors (Lipinski definition) is 2. The minimum atomic E-state index is -2.29. The zero-order chi connectivity index (χ0) is 39.4. The van der Waals surface area contributed by atoms with Crippen LogP contribution in [0.15, 0.2) is 182 Å². The molecule has 0 fully saturated rings. The molecule has 0 radical (unpaired) electrons. The number of aryl methyl sites for hydroxylation is 2. The molecule has 0 unspecified atom stereocenters. The van der Waals surface area contributed by atoms with Crippen molar-refractivity contribution in [3.63, 3.8) is 0 Å². The van der Waals surface area contributed by atoms with Gasteiger partial charge in [0, 0.05) is 72.9 Å². The van der Waals surface area contributed by atoms with E-state index in [9.17, 15) is 0 Å². The maximum atomic E-state index is 8.18. The zero-order valence-electron chi connectivity index (χ0n) is 33.4. The molecule has 5 nitrogen and oxygen atoms in total. The third-order valence-corrected chi connectivity index (χ3v) is 10.3. The minimum Gasteiger partial charge on any atom is -0.357 e. The fourth-order valence-corrected chi connectivity index (χ4v) is 7.82. The van der Waals surface area contributed by atoms with Gasteiger partial charge in [0.05, 0.1) is 5.69 Å². The van der Waals surface area contributed by atoms with E-state index in [2.05, 4.69) is 167 Å². The summed E-state index contributed by atoms with van der Waals surface area (Å²) in [5, 5.41) is 1.99. The van der Waals surface area contributed by atoms with Crippen LogP contribution in [0.4, 0.5) is 17.1 Å². The molecular weight excluding hydrogens is 866 g/mol. The van der Waals surface area contributed by atoms with Gasteiger partial charge < -0.3 is 9.47 Å².